The summed E-state index contributed by atoms with van der Waals surface area (Å²) in [5, 5.41) is 17.5. The molecule has 4 N–H and O–H groups in total. The zero-order valence-corrected chi connectivity index (χ0v) is 20.3. The molecule has 10 nitrogen and oxygen atoms in total. The highest BCUT2D eigenvalue weighted by atomic mass is 19.4. The SMILES string of the molecule is COc1cccc(F)c1-c1nc2c([nH]1)-c1ccncc1Nc1ncccc1-2.O=C(O)C(F)(F)F.O=C(O)C(F)(F)F. The smallest absolute Gasteiger partial charge is 0.490 e. The fourth-order valence-corrected chi connectivity index (χ4v) is 3.32. The maximum absolute atomic E-state index is 14.6. The van der Waals surface area contributed by atoms with Crippen molar-refractivity contribution in [2.45, 2.75) is 12.4 Å². The van der Waals surface area contributed by atoms with Crippen molar-refractivity contribution in [3.63, 3.8) is 0 Å². The van der Waals surface area contributed by atoms with E-state index < -0.39 is 30.1 Å². The largest absolute Gasteiger partial charge is 0.496 e. The first kappa shape index (κ1) is 30.3. The van der Waals surface area contributed by atoms with Gasteiger partial charge in [0, 0.05) is 23.5 Å². The van der Waals surface area contributed by atoms with Gasteiger partial charge in [0.25, 0.3) is 0 Å². The highest BCUT2D eigenvalue weighted by Gasteiger charge is 2.39. The minimum atomic E-state index is -5.08. The van der Waals surface area contributed by atoms with E-state index in [4.69, 9.17) is 29.5 Å². The van der Waals surface area contributed by atoms with Gasteiger partial charge in [-0.05, 0) is 30.3 Å². The number of aliphatic carboxylic acids is 2. The van der Waals surface area contributed by atoms with Crippen LogP contribution in [0.5, 0.6) is 5.75 Å². The molecule has 0 atom stereocenters. The van der Waals surface area contributed by atoms with Crippen LogP contribution in [0.4, 0.5) is 42.2 Å². The third-order valence-corrected chi connectivity index (χ3v) is 5.03. The van der Waals surface area contributed by atoms with Gasteiger partial charge >= 0.3 is 24.3 Å². The van der Waals surface area contributed by atoms with Crippen LogP contribution in [0.15, 0.2) is 55.0 Å². The number of carbonyl (C=O) groups is 2. The van der Waals surface area contributed by atoms with E-state index in [1.54, 1.807) is 30.7 Å². The lowest BCUT2D eigenvalue weighted by atomic mass is 10.1. The minimum absolute atomic E-state index is 0.294. The molecule has 0 fully saturated rings. The number of fused-ring (bicyclic) bond motifs is 5. The van der Waals surface area contributed by atoms with E-state index in [-0.39, 0.29) is 0 Å². The van der Waals surface area contributed by atoms with Crippen LogP contribution in [0, 0.1) is 5.82 Å². The Morgan fingerprint density at radius 2 is 1.54 bits per heavy atom. The zero-order chi connectivity index (χ0) is 30.5. The van der Waals surface area contributed by atoms with Crippen molar-refractivity contribution in [2.24, 2.45) is 0 Å². The van der Waals surface area contributed by atoms with Gasteiger partial charge in [0.2, 0.25) is 0 Å². The topological polar surface area (TPSA) is 150 Å². The van der Waals surface area contributed by atoms with Crippen molar-refractivity contribution in [2.75, 3.05) is 12.4 Å². The Labute approximate surface area is 224 Å². The molecule has 41 heavy (non-hydrogen) atoms. The van der Waals surface area contributed by atoms with Crippen LogP contribution in [0.2, 0.25) is 0 Å². The predicted octanol–water partition coefficient (Wildman–Crippen LogP) is 5.67. The second-order valence-electron chi connectivity index (χ2n) is 7.68. The van der Waals surface area contributed by atoms with Crippen LogP contribution in [-0.4, -0.2) is 61.5 Å². The van der Waals surface area contributed by atoms with Gasteiger partial charge in [-0.3, -0.25) is 4.98 Å². The van der Waals surface area contributed by atoms with E-state index in [0.717, 1.165) is 22.5 Å². The first-order chi connectivity index (χ1) is 19.1. The summed E-state index contributed by atoms with van der Waals surface area (Å²) in [7, 11) is 1.51. The van der Waals surface area contributed by atoms with E-state index in [0.29, 0.717) is 28.6 Å². The van der Waals surface area contributed by atoms with E-state index in [9.17, 15) is 30.7 Å². The summed E-state index contributed by atoms with van der Waals surface area (Å²) in [6, 6.07) is 10.4. The first-order valence-corrected chi connectivity index (χ1v) is 10.8. The molecule has 0 bridgehead atoms. The van der Waals surface area contributed by atoms with Gasteiger partial charge in [-0.25, -0.2) is 23.9 Å². The lowest BCUT2D eigenvalue weighted by Crippen LogP contribution is -2.21. The number of H-pyrrole nitrogens is 1. The summed E-state index contributed by atoms with van der Waals surface area (Å²) in [6.07, 6.45) is -5.02. The van der Waals surface area contributed by atoms with E-state index >= 15 is 0 Å². The van der Waals surface area contributed by atoms with Crippen molar-refractivity contribution >= 4 is 23.4 Å². The molecule has 0 unspecified atom stereocenters. The molecule has 0 aliphatic carbocycles. The van der Waals surface area contributed by atoms with Crippen LogP contribution in [0.25, 0.3) is 33.9 Å². The average molecular weight is 587 g/mol. The van der Waals surface area contributed by atoms with Crippen molar-refractivity contribution in [3.05, 3.63) is 60.8 Å². The molecule has 0 spiro atoms. The van der Waals surface area contributed by atoms with Crippen LogP contribution >= 0.6 is 0 Å². The molecule has 216 valence electrons. The number of alkyl halides is 6. The lowest BCUT2D eigenvalue weighted by molar-refractivity contribution is -0.193. The van der Waals surface area contributed by atoms with Crippen molar-refractivity contribution in [1.29, 1.82) is 0 Å². The van der Waals surface area contributed by atoms with Crippen molar-refractivity contribution in [1.82, 2.24) is 19.9 Å². The van der Waals surface area contributed by atoms with Crippen LogP contribution in [0.1, 0.15) is 0 Å². The van der Waals surface area contributed by atoms with Gasteiger partial charge in [-0.1, -0.05) is 6.07 Å². The summed E-state index contributed by atoms with van der Waals surface area (Å²) in [4.78, 5) is 34.4. The maximum atomic E-state index is 14.6. The Morgan fingerprint density at radius 3 is 2.12 bits per heavy atom. The molecule has 0 saturated heterocycles. The number of imidazole rings is 1. The molecular weight excluding hydrogens is 571 g/mol. The number of nitrogens with one attached hydrogen (secondary N) is 2. The highest BCUT2D eigenvalue weighted by Crippen LogP contribution is 2.43. The number of aromatic amines is 1. The van der Waals surface area contributed by atoms with Crippen molar-refractivity contribution in [3.8, 4) is 39.7 Å². The average Bonchev–Trinajstić information content (AvgIpc) is 3.28. The summed E-state index contributed by atoms with van der Waals surface area (Å²) >= 11 is 0. The molecule has 0 radical (unpaired) electrons. The standard InChI is InChI=1S/C20H14FN5O.2C2HF3O2/c1-27-15-6-2-5-13(21)16(15)20-25-17-11-7-9-22-10-14(11)24-19-12(18(17)26-20)4-3-8-23-19;2*3-2(4,5)1(6)7/h2-10H,1H3,(H,23,24)(H,25,26);2*(H,6,7). The second-order valence-corrected chi connectivity index (χ2v) is 7.68. The number of halogens is 7. The van der Waals surface area contributed by atoms with E-state index in [1.165, 1.54) is 13.2 Å². The van der Waals surface area contributed by atoms with Gasteiger partial charge in [0.05, 0.1) is 30.3 Å². The summed E-state index contributed by atoms with van der Waals surface area (Å²) in [5.74, 6) is -4.44. The number of aromatic nitrogens is 4. The predicted molar refractivity (Wildman–Crippen MR) is 128 cm³/mol. The third kappa shape index (κ3) is 7.06. The Morgan fingerprint density at radius 1 is 0.902 bits per heavy atom. The van der Waals surface area contributed by atoms with E-state index in [1.807, 2.05) is 18.2 Å². The van der Waals surface area contributed by atoms with Crippen molar-refractivity contribution < 1.29 is 55.3 Å². The second kappa shape index (κ2) is 11.9. The number of benzene rings is 1. The molecule has 0 amide bonds. The Bertz CT molecular complexity index is 1480. The molecule has 1 aromatic carbocycles. The monoisotopic (exact) mass is 587 g/mol. The zero-order valence-electron chi connectivity index (χ0n) is 20.3. The number of pyridine rings is 2. The Hall–Kier alpha value is -5.22. The maximum Gasteiger partial charge on any atom is 0.490 e. The minimum Gasteiger partial charge on any atom is -0.496 e. The van der Waals surface area contributed by atoms with Gasteiger partial charge in [0.1, 0.15) is 28.9 Å². The summed E-state index contributed by atoms with van der Waals surface area (Å²) in [5.41, 5.74) is 4.25. The number of methoxy groups -OCH3 is 1. The fourth-order valence-electron chi connectivity index (χ4n) is 3.32. The molecule has 3 aromatic heterocycles. The first-order valence-electron chi connectivity index (χ1n) is 10.8. The van der Waals surface area contributed by atoms with Crippen LogP contribution < -0.4 is 10.1 Å². The van der Waals surface area contributed by atoms with E-state index in [2.05, 4.69) is 20.3 Å². The molecule has 0 saturated carbocycles. The van der Waals surface area contributed by atoms with Gasteiger partial charge in [0.15, 0.2) is 0 Å². The number of nitrogens with zero attached hydrogens (tertiary/aromatic N) is 3. The fraction of sp³-hybridized carbons (Fsp3) is 0.125. The number of carboxylic acid groups (broad SMARTS) is 2. The summed E-state index contributed by atoms with van der Waals surface area (Å²) in [6.45, 7) is 0. The number of anilines is 2. The Balaban J connectivity index is 0.000000276. The quantitative estimate of drug-likeness (QED) is 0.192. The number of hydrogen-bond acceptors (Lipinski definition) is 7. The van der Waals surface area contributed by atoms with Gasteiger partial charge in [-0.2, -0.15) is 26.3 Å². The number of rotatable bonds is 2. The Kier molecular flexibility index (Phi) is 8.79. The summed E-state index contributed by atoms with van der Waals surface area (Å²) < 4.78 is 83.4. The highest BCUT2D eigenvalue weighted by molar-refractivity contribution is 5.95. The number of ether oxygens (including phenoxy) is 1. The lowest BCUT2D eigenvalue weighted by Gasteiger charge is -2.09. The van der Waals surface area contributed by atoms with Gasteiger partial charge in [-0.15, -0.1) is 0 Å². The molecule has 4 aromatic rings. The molecular formula is C24H16F7N5O5. The molecule has 1 aliphatic rings. The van der Waals surface area contributed by atoms with Crippen LogP contribution in [-0.2, 0) is 9.59 Å². The third-order valence-electron chi connectivity index (χ3n) is 5.03. The molecule has 17 heteroatoms. The molecule has 5 rings (SSSR count). The van der Waals surface area contributed by atoms with Gasteiger partial charge < -0.3 is 25.3 Å². The number of carboxylic acids is 2. The normalized spacial score (nSPS) is 11.5. The molecule has 4 heterocycles. The van der Waals surface area contributed by atoms with Crippen LogP contribution in [0.3, 0.4) is 0 Å². The number of hydrogen-bond donors (Lipinski definition) is 4. The molecule has 1 aliphatic heterocycles.